The van der Waals surface area contributed by atoms with Crippen molar-refractivity contribution in [3.63, 3.8) is 0 Å². The number of benzene rings is 2. The number of carbonyl (C=O) groups excluding carboxylic acids is 2. The van der Waals surface area contributed by atoms with E-state index < -0.39 is 23.6 Å². The van der Waals surface area contributed by atoms with Crippen molar-refractivity contribution >= 4 is 28.9 Å². The molecule has 3 aliphatic rings. The summed E-state index contributed by atoms with van der Waals surface area (Å²) in [5.74, 6) is -1.93. The van der Waals surface area contributed by atoms with Crippen molar-refractivity contribution in [2.24, 2.45) is 5.73 Å². The molecule has 2 fully saturated rings. The molecular formula is C26H31F2N6O3+. The van der Waals surface area contributed by atoms with Gasteiger partial charge in [-0.05, 0) is 43.7 Å². The first-order valence-electron chi connectivity index (χ1n) is 12.5. The highest BCUT2D eigenvalue weighted by atomic mass is 19.1. The van der Waals surface area contributed by atoms with Gasteiger partial charge in [-0.2, -0.15) is 0 Å². The number of hydrogen-bond acceptors (Lipinski definition) is 6. The van der Waals surface area contributed by atoms with Crippen molar-refractivity contribution in [3.05, 3.63) is 58.0 Å². The van der Waals surface area contributed by atoms with Crippen LogP contribution >= 0.6 is 0 Å². The smallest absolute Gasteiger partial charge is 0.298 e. The lowest BCUT2D eigenvalue weighted by Gasteiger charge is -2.37. The number of nitrogens with zero attached hydrogens (tertiary/aromatic N) is 4. The second-order valence-corrected chi connectivity index (χ2v) is 10.1. The van der Waals surface area contributed by atoms with Gasteiger partial charge in [0.2, 0.25) is 5.91 Å². The summed E-state index contributed by atoms with van der Waals surface area (Å²) in [6, 6.07) is 6.36. The third-order valence-corrected chi connectivity index (χ3v) is 7.61. The molecule has 3 heterocycles. The van der Waals surface area contributed by atoms with Gasteiger partial charge in [0.25, 0.3) is 17.6 Å². The SMILES string of the molecule is Cc1ccc(F)c2c1[N+](=O)C(C(=O)Nc1cc(F)cc(N3CCC(N4CCN(CC(N)=O)CC4)C3)c1)C2. The molecule has 0 aromatic heterocycles. The fourth-order valence-corrected chi connectivity index (χ4v) is 5.70. The number of halogens is 2. The van der Waals surface area contributed by atoms with Gasteiger partial charge in [-0.15, -0.1) is 0 Å². The van der Waals surface area contributed by atoms with Gasteiger partial charge in [0.1, 0.15) is 11.6 Å². The fraction of sp³-hybridized carbons (Fsp3) is 0.462. The predicted octanol–water partition coefficient (Wildman–Crippen LogP) is 1.93. The van der Waals surface area contributed by atoms with Crippen LogP contribution in [0.4, 0.5) is 25.8 Å². The lowest BCUT2D eigenvalue weighted by Crippen LogP contribution is -2.52. The summed E-state index contributed by atoms with van der Waals surface area (Å²) < 4.78 is 29.4. The molecule has 196 valence electrons. The van der Waals surface area contributed by atoms with E-state index in [0.29, 0.717) is 22.1 Å². The van der Waals surface area contributed by atoms with Crippen molar-refractivity contribution in [2.75, 3.05) is 56.0 Å². The first-order valence-corrected chi connectivity index (χ1v) is 12.5. The molecule has 2 atom stereocenters. The molecule has 11 heteroatoms. The number of hydrogen-bond donors (Lipinski definition) is 2. The van der Waals surface area contributed by atoms with Gasteiger partial charge in [-0.3, -0.25) is 19.4 Å². The van der Waals surface area contributed by atoms with Gasteiger partial charge in [-0.1, -0.05) is 0 Å². The lowest BCUT2D eigenvalue weighted by atomic mass is 10.1. The van der Waals surface area contributed by atoms with E-state index in [2.05, 4.69) is 20.0 Å². The van der Waals surface area contributed by atoms with Crippen LogP contribution < -0.4 is 16.0 Å². The Morgan fingerprint density at radius 3 is 2.57 bits per heavy atom. The third-order valence-electron chi connectivity index (χ3n) is 7.61. The summed E-state index contributed by atoms with van der Waals surface area (Å²) >= 11 is 0. The number of rotatable bonds is 6. The van der Waals surface area contributed by atoms with Gasteiger partial charge in [0.05, 0.1) is 23.3 Å². The summed E-state index contributed by atoms with van der Waals surface area (Å²) in [5, 5.41) is 2.66. The molecule has 0 radical (unpaired) electrons. The van der Waals surface area contributed by atoms with Crippen molar-refractivity contribution in [1.82, 2.24) is 9.80 Å². The number of carbonyl (C=O) groups is 2. The lowest BCUT2D eigenvalue weighted by molar-refractivity contribution is -0.480. The second kappa shape index (κ2) is 10.1. The number of amides is 2. The Hall–Kier alpha value is -3.44. The van der Waals surface area contributed by atoms with Gasteiger partial charge in [-0.25, -0.2) is 8.78 Å². The van der Waals surface area contributed by atoms with Crippen LogP contribution in [-0.4, -0.2) is 84.3 Å². The van der Waals surface area contributed by atoms with Gasteiger partial charge >= 0.3 is 0 Å². The summed E-state index contributed by atoms with van der Waals surface area (Å²) in [7, 11) is 0. The molecular weight excluding hydrogens is 482 g/mol. The minimum atomic E-state index is -1.12. The number of nitrogens with one attached hydrogen (secondary N) is 1. The van der Waals surface area contributed by atoms with E-state index in [1.165, 1.54) is 24.3 Å². The molecule has 0 spiro atoms. The minimum Gasteiger partial charge on any atom is -0.370 e. The van der Waals surface area contributed by atoms with Crippen molar-refractivity contribution in [3.8, 4) is 0 Å². The second-order valence-electron chi connectivity index (χ2n) is 10.1. The number of primary amides is 1. The Bertz CT molecular complexity index is 1250. The number of anilines is 2. The molecule has 0 aliphatic carbocycles. The van der Waals surface area contributed by atoms with Gasteiger partial charge in [0.15, 0.2) is 0 Å². The molecule has 3 aliphatic heterocycles. The number of aryl methyl sites for hydroxylation is 1. The van der Waals surface area contributed by atoms with Crippen LogP contribution in [0.5, 0.6) is 0 Å². The molecule has 2 amide bonds. The van der Waals surface area contributed by atoms with Gasteiger partial charge in [0, 0.05) is 67.2 Å². The maximum atomic E-state index is 14.6. The molecule has 5 rings (SSSR count). The topological polar surface area (TPSA) is 102 Å². The molecule has 2 aromatic carbocycles. The summed E-state index contributed by atoms with van der Waals surface area (Å²) in [6.45, 7) is 6.67. The Morgan fingerprint density at radius 1 is 1.11 bits per heavy atom. The molecule has 3 N–H and O–H groups in total. The zero-order valence-corrected chi connectivity index (χ0v) is 20.8. The third kappa shape index (κ3) is 5.19. The molecule has 37 heavy (non-hydrogen) atoms. The van der Waals surface area contributed by atoms with Crippen LogP contribution in [0.3, 0.4) is 0 Å². The summed E-state index contributed by atoms with van der Waals surface area (Å²) in [6.07, 6.45) is 0.880. The van der Waals surface area contributed by atoms with Gasteiger partial charge < -0.3 is 16.0 Å². The monoisotopic (exact) mass is 513 g/mol. The summed E-state index contributed by atoms with van der Waals surface area (Å²) in [4.78, 5) is 43.4. The van der Waals surface area contributed by atoms with Crippen LogP contribution in [-0.2, 0) is 16.0 Å². The Balaban J connectivity index is 1.22. The molecule has 0 bridgehead atoms. The normalized spacial score (nSPS) is 22.4. The van der Waals surface area contributed by atoms with Crippen molar-refractivity contribution in [1.29, 1.82) is 0 Å². The minimum absolute atomic E-state index is 0.0408. The largest absolute Gasteiger partial charge is 0.370 e. The van der Waals surface area contributed by atoms with Crippen LogP contribution in [0.1, 0.15) is 17.5 Å². The molecule has 9 nitrogen and oxygen atoms in total. The quantitative estimate of drug-likeness (QED) is 0.573. The van der Waals surface area contributed by atoms with E-state index in [9.17, 15) is 23.3 Å². The first kappa shape index (κ1) is 25.2. The van der Waals surface area contributed by atoms with Crippen molar-refractivity contribution < 1.29 is 23.1 Å². The molecule has 2 aromatic rings. The van der Waals surface area contributed by atoms with E-state index in [0.717, 1.165) is 45.7 Å². The predicted molar refractivity (Wildman–Crippen MR) is 135 cm³/mol. The molecule has 2 saturated heterocycles. The van der Waals surface area contributed by atoms with Crippen LogP contribution in [0.2, 0.25) is 0 Å². The van der Waals surface area contributed by atoms with Crippen LogP contribution in [0.25, 0.3) is 0 Å². The maximum absolute atomic E-state index is 14.6. The Morgan fingerprint density at radius 2 is 1.86 bits per heavy atom. The van der Waals surface area contributed by atoms with E-state index in [1.807, 2.05) is 0 Å². The van der Waals surface area contributed by atoms with E-state index in [1.54, 1.807) is 13.0 Å². The Labute approximate surface area is 213 Å². The fourth-order valence-electron chi connectivity index (χ4n) is 5.70. The van der Waals surface area contributed by atoms with Crippen LogP contribution in [0.15, 0.2) is 30.3 Å². The number of nitroso groups, excluding NO2 is 1. The Kier molecular flexibility index (Phi) is 6.91. The zero-order valence-electron chi connectivity index (χ0n) is 20.8. The standard InChI is InChI=1S/C26H30F2N6O3/c1-16-2-3-22(28)21-13-23(34(37)25(16)21)26(36)30-18-10-17(27)11-20(12-18)33-5-4-19(14-33)32-8-6-31(7-9-32)15-24(29)35/h2-3,10-12,19,23H,4-9,13-15H2,1H3,(H2-,29,30,35,36)/p+1. The number of fused-ring (bicyclic) bond motifs is 1. The number of nitrogens with two attached hydrogens (primary N) is 1. The zero-order chi connectivity index (χ0) is 26.3. The highest BCUT2D eigenvalue weighted by molar-refractivity contribution is 5.95. The highest BCUT2D eigenvalue weighted by Gasteiger charge is 2.46. The van der Waals surface area contributed by atoms with Crippen LogP contribution in [0, 0.1) is 23.5 Å². The summed E-state index contributed by atoms with van der Waals surface area (Å²) in [5.41, 5.74) is 7.24. The molecule has 0 saturated carbocycles. The van der Waals surface area contributed by atoms with E-state index >= 15 is 0 Å². The average molecular weight is 514 g/mol. The first-order chi connectivity index (χ1) is 17.7. The molecule has 2 unspecified atom stereocenters. The van der Waals surface area contributed by atoms with E-state index in [4.69, 9.17) is 5.73 Å². The number of piperazine rings is 1. The maximum Gasteiger partial charge on any atom is 0.298 e. The highest BCUT2D eigenvalue weighted by Crippen LogP contribution is 2.35. The van der Waals surface area contributed by atoms with E-state index in [-0.39, 0.29) is 35.8 Å². The average Bonchev–Trinajstić information content (AvgIpc) is 3.47. The van der Waals surface area contributed by atoms with Crippen molar-refractivity contribution in [2.45, 2.75) is 31.8 Å².